The summed E-state index contributed by atoms with van der Waals surface area (Å²) in [5, 5.41) is 2.57. The molecule has 2 amide bonds. The molecule has 1 rings (SSSR count). The molecule has 6 heteroatoms. The normalized spacial score (nSPS) is 11.8. The van der Waals surface area contributed by atoms with E-state index < -0.39 is 0 Å². The highest BCUT2D eigenvalue weighted by atomic mass is 16.2. The summed E-state index contributed by atoms with van der Waals surface area (Å²) in [6.07, 6.45) is 2.65. The predicted octanol–water partition coefficient (Wildman–Crippen LogP) is -0.0640. The number of rotatable bonds is 7. The molecule has 0 fully saturated rings. The van der Waals surface area contributed by atoms with Gasteiger partial charge in [0, 0.05) is 44.4 Å². The molecule has 0 saturated heterocycles. The average Bonchev–Trinajstić information content (AvgIpc) is 2.42. The maximum atomic E-state index is 11.8. The number of aromatic nitrogens is 1. The van der Waals surface area contributed by atoms with Gasteiger partial charge in [0.15, 0.2) is 0 Å². The van der Waals surface area contributed by atoms with Crippen LogP contribution in [0.4, 0.5) is 0 Å². The SMILES string of the molecule is CC(N)CC(=O)NCC(=O)N(C)CCc1ccccn1. The molecule has 1 atom stereocenters. The fourth-order valence-corrected chi connectivity index (χ4v) is 1.63. The molecule has 0 aliphatic heterocycles. The van der Waals surface area contributed by atoms with Crippen LogP contribution in [-0.4, -0.2) is 47.9 Å². The fourth-order valence-electron chi connectivity index (χ4n) is 1.63. The van der Waals surface area contributed by atoms with Gasteiger partial charge in [0.1, 0.15) is 0 Å². The highest BCUT2D eigenvalue weighted by Crippen LogP contribution is 1.96. The summed E-state index contributed by atoms with van der Waals surface area (Å²) in [5.41, 5.74) is 6.45. The van der Waals surface area contributed by atoms with Crippen LogP contribution in [0.25, 0.3) is 0 Å². The van der Waals surface area contributed by atoms with Crippen molar-refractivity contribution in [2.75, 3.05) is 20.1 Å². The van der Waals surface area contributed by atoms with Crippen LogP contribution in [0.15, 0.2) is 24.4 Å². The number of nitrogens with two attached hydrogens (primary N) is 1. The van der Waals surface area contributed by atoms with Crippen LogP contribution in [0.3, 0.4) is 0 Å². The first-order valence-corrected chi connectivity index (χ1v) is 6.65. The van der Waals surface area contributed by atoms with Crippen LogP contribution in [0.5, 0.6) is 0 Å². The van der Waals surface area contributed by atoms with Crippen LogP contribution in [-0.2, 0) is 16.0 Å². The molecule has 1 aromatic rings. The van der Waals surface area contributed by atoms with Crippen LogP contribution >= 0.6 is 0 Å². The number of pyridine rings is 1. The second-order valence-corrected chi connectivity index (χ2v) is 4.84. The Balaban J connectivity index is 2.27. The third-order valence-electron chi connectivity index (χ3n) is 2.80. The van der Waals surface area contributed by atoms with Gasteiger partial charge in [-0.1, -0.05) is 6.07 Å². The first-order chi connectivity index (χ1) is 9.49. The largest absolute Gasteiger partial charge is 0.347 e. The van der Waals surface area contributed by atoms with E-state index in [1.807, 2.05) is 18.2 Å². The van der Waals surface area contributed by atoms with Crippen molar-refractivity contribution >= 4 is 11.8 Å². The smallest absolute Gasteiger partial charge is 0.241 e. The second kappa shape index (κ2) is 8.27. The van der Waals surface area contributed by atoms with Crippen molar-refractivity contribution in [2.24, 2.45) is 5.73 Å². The Morgan fingerprint density at radius 1 is 1.45 bits per heavy atom. The molecule has 0 radical (unpaired) electrons. The molecule has 3 N–H and O–H groups in total. The van der Waals surface area contributed by atoms with E-state index in [0.717, 1.165) is 5.69 Å². The zero-order chi connectivity index (χ0) is 15.0. The Morgan fingerprint density at radius 2 is 2.20 bits per heavy atom. The van der Waals surface area contributed by atoms with Crippen molar-refractivity contribution in [3.05, 3.63) is 30.1 Å². The summed E-state index contributed by atoms with van der Waals surface area (Å²) < 4.78 is 0. The standard InChI is InChI=1S/C14H22N4O2/c1-11(15)9-13(19)17-10-14(20)18(2)8-6-12-5-3-4-7-16-12/h3-5,7,11H,6,8-10,15H2,1-2H3,(H,17,19). The Kier molecular flexibility index (Phi) is 6.66. The summed E-state index contributed by atoms with van der Waals surface area (Å²) in [5.74, 6) is -0.328. The topological polar surface area (TPSA) is 88.3 Å². The first-order valence-electron chi connectivity index (χ1n) is 6.65. The summed E-state index contributed by atoms with van der Waals surface area (Å²) in [6, 6.07) is 5.49. The molecule has 20 heavy (non-hydrogen) atoms. The van der Waals surface area contributed by atoms with Gasteiger partial charge in [-0.2, -0.15) is 0 Å². The number of carbonyl (C=O) groups is 2. The molecular formula is C14H22N4O2. The zero-order valence-electron chi connectivity index (χ0n) is 12.0. The highest BCUT2D eigenvalue weighted by molar-refractivity contribution is 5.84. The summed E-state index contributed by atoms with van der Waals surface area (Å²) in [7, 11) is 1.71. The van der Waals surface area contributed by atoms with Crippen LogP contribution in [0, 0.1) is 0 Å². The van der Waals surface area contributed by atoms with Gasteiger partial charge < -0.3 is 16.0 Å². The highest BCUT2D eigenvalue weighted by Gasteiger charge is 2.11. The molecule has 0 aliphatic carbocycles. The van der Waals surface area contributed by atoms with Crippen molar-refractivity contribution in [2.45, 2.75) is 25.8 Å². The molecule has 0 spiro atoms. The lowest BCUT2D eigenvalue weighted by molar-refractivity contribution is -0.131. The van der Waals surface area contributed by atoms with Gasteiger partial charge in [-0.15, -0.1) is 0 Å². The number of nitrogens with zero attached hydrogens (tertiary/aromatic N) is 2. The van der Waals surface area contributed by atoms with Gasteiger partial charge in [-0.05, 0) is 19.1 Å². The van der Waals surface area contributed by atoms with Gasteiger partial charge in [0.25, 0.3) is 0 Å². The number of hydrogen-bond acceptors (Lipinski definition) is 4. The molecular weight excluding hydrogens is 256 g/mol. The molecule has 0 aliphatic rings. The number of amides is 2. The summed E-state index contributed by atoms with van der Waals surface area (Å²) in [6.45, 7) is 2.32. The van der Waals surface area contributed by atoms with E-state index in [1.165, 1.54) is 0 Å². The van der Waals surface area contributed by atoms with Crippen molar-refractivity contribution < 1.29 is 9.59 Å². The van der Waals surface area contributed by atoms with Gasteiger partial charge in [0.2, 0.25) is 11.8 Å². The zero-order valence-corrected chi connectivity index (χ0v) is 12.0. The Morgan fingerprint density at radius 3 is 2.80 bits per heavy atom. The second-order valence-electron chi connectivity index (χ2n) is 4.84. The van der Waals surface area contributed by atoms with Gasteiger partial charge in [-0.3, -0.25) is 14.6 Å². The minimum Gasteiger partial charge on any atom is -0.347 e. The molecule has 1 aromatic heterocycles. The molecule has 1 heterocycles. The first kappa shape index (κ1) is 16.1. The third-order valence-corrected chi connectivity index (χ3v) is 2.80. The summed E-state index contributed by atoms with van der Waals surface area (Å²) >= 11 is 0. The summed E-state index contributed by atoms with van der Waals surface area (Å²) in [4.78, 5) is 29.0. The maximum absolute atomic E-state index is 11.8. The fraction of sp³-hybridized carbons (Fsp3) is 0.500. The Bertz CT molecular complexity index is 434. The molecule has 0 saturated carbocycles. The third kappa shape index (κ3) is 6.29. The molecule has 110 valence electrons. The molecule has 1 unspecified atom stereocenters. The van der Waals surface area contributed by atoms with E-state index in [9.17, 15) is 9.59 Å². The number of likely N-dealkylation sites (N-methyl/N-ethyl adjacent to an activating group) is 1. The van der Waals surface area contributed by atoms with Crippen molar-refractivity contribution in [3.63, 3.8) is 0 Å². The number of carbonyl (C=O) groups excluding carboxylic acids is 2. The van der Waals surface area contributed by atoms with Crippen LogP contribution < -0.4 is 11.1 Å². The number of hydrogen-bond donors (Lipinski definition) is 2. The van der Waals surface area contributed by atoms with Gasteiger partial charge >= 0.3 is 0 Å². The minimum atomic E-state index is -0.202. The van der Waals surface area contributed by atoms with Crippen molar-refractivity contribution in [1.29, 1.82) is 0 Å². The number of nitrogens with one attached hydrogen (secondary N) is 1. The molecule has 0 bridgehead atoms. The van der Waals surface area contributed by atoms with Gasteiger partial charge in [-0.25, -0.2) is 0 Å². The van der Waals surface area contributed by atoms with Gasteiger partial charge in [0.05, 0.1) is 6.54 Å². The lowest BCUT2D eigenvalue weighted by Gasteiger charge is -2.17. The molecule has 6 nitrogen and oxygen atoms in total. The van der Waals surface area contributed by atoms with E-state index >= 15 is 0 Å². The monoisotopic (exact) mass is 278 g/mol. The van der Waals surface area contributed by atoms with Crippen molar-refractivity contribution in [1.82, 2.24) is 15.2 Å². The van der Waals surface area contributed by atoms with Crippen LogP contribution in [0.1, 0.15) is 19.0 Å². The lowest BCUT2D eigenvalue weighted by atomic mass is 10.2. The lowest BCUT2D eigenvalue weighted by Crippen LogP contribution is -2.40. The van der Waals surface area contributed by atoms with Crippen molar-refractivity contribution in [3.8, 4) is 0 Å². The minimum absolute atomic E-state index is 0.00424. The van der Waals surface area contributed by atoms with E-state index in [0.29, 0.717) is 13.0 Å². The molecule has 0 aromatic carbocycles. The quantitative estimate of drug-likeness (QED) is 0.731. The van der Waals surface area contributed by atoms with E-state index in [-0.39, 0.29) is 30.8 Å². The Hall–Kier alpha value is -1.95. The Labute approximate surface area is 119 Å². The maximum Gasteiger partial charge on any atom is 0.241 e. The van der Waals surface area contributed by atoms with E-state index in [2.05, 4.69) is 10.3 Å². The average molecular weight is 278 g/mol. The van der Waals surface area contributed by atoms with E-state index in [4.69, 9.17) is 5.73 Å². The van der Waals surface area contributed by atoms with E-state index in [1.54, 1.807) is 25.1 Å². The predicted molar refractivity (Wildman–Crippen MR) is 76.9 cm³/mol. The van der Waals surface area contributed by atoms with Crippen LogP contribution in [0.2, 0.25) is 0 Å².